The van der Waals surface area contributed by atoms with E-state index in [0.717, 1.165) is 33.1 Å². The first kappa shape index (κ1) is 19.7. The topological polar surface area (TPSA) is 80.3 Å². The number of piperidine rings is 1. The summed E-state index contributed by atoms with van der Waals surface area (Å²) in [6.07, 6.45) is 1.42. The fourth-order valence-electron chi connectivity index (χ4n) is 4.02. The number of aromatic nitrogens is 3. The van der Waals surface area contributed by atoms with Crippen LogP contribution in [0.15, 0.2) is 42.5 Å². The van der Waals surface area contributed by atoms with Gasteiger partial charge in [0.05, 0.1) is 23.6 Å². The SMILES string of the molecule is CCOC(=O)C1CCN(C(=S)Oc2ccc3nc4[nH]c5ccccc5c4nc3c2)CC1. The van der Waals surface area contributed by atoms with E-state index >= 15 is 0 Å². The number of rotatable bonds is 3. The van der Waals surface area contributed by atoms with Gasteiger partial charge in [-0.25, -0.2) is 9.97 Å². The maximum absolute atomic E-state index is 11.9. The van der Waals surface area contributed by atoms with Gasteiger partial charge in [0.1, 0.15) is 11.3 Å². The Bertz CT molecular complexity index is 1290. The summed E-state index contributed by atoms with van der Waals surface area (Å²) in [4.78, 5) is 26.7. The normalized spacial score (nSPS) is 14.9. The zero-order valence-corrected chi connectivity index (χ0v) is 17.9. The van der Waals surface area contributed by atoms with E-state index in [1.165, 1.54) is 0 Å². The van der Waals surface area contributed by atoms with Gasteiger partial charge < -0.3 is 19.4 Å². The first-order chi connectivity index (χ1) is 15.1. The number of likely N-dealkylation sites (tertiary alicyclic amines) is 1. The van der Waals surface area contributed by atoms with E-state index in [9.17, 15) is 4.79 Å². The molecule has 1 saturated heterocycles. The summed E-state index contributed by atoms with van der Waals surface area (Å²) in [5.41, 5.74) is 4.15. The average molecular weight is 435 g/mol. The summed E-state index contributed by atoms with van der Waals surface area (Å²) in [6.45, 7) is 3.58. The van der Waals surface area contributed by atoms with Gasteiger partial charge in [-0.15, -0.1) is 0 Å². The van der Waals surface area contributed by atoms with Crippen molar-refractivity contribution >= 4 is 56.5 Å². The molecule has 2 aromatic carbocycles. The van der Waals surface area contributed by atoms with Crippen LogP contribution in [-0.2, 0) is 9.53 Å². The van der Waals surface area contributed by atoms with Crippen LogP contribution in [0.3, 0.4) is 0 Å². The lowest BCUT2D eigenvalue weighted by atomic mass is 9.97. The largest absolute Gasteiger partial charge is 0.466 e. The Morgan fingerprint density at radius 1 is 1.16 bits per heavy atom. The van der Waals surface area contributed by atoms with Gasteiger partial charge in [-0.3, -0.25) is 4.79 Å². The average Bonchev–Trinajstić information content (AvgIpc) is 3.15. The van der Waals surface area contributed by atoms with Crippen LogP contribution in [0.25, 0.3) is 33.1 Å². The smallest absolute Gasteiger partial charge is 0.309 e. The van der Waals surface area contributed by atoms with Gasteiger partial charge in [-0.2, -0.15) is 0 Å². The Morgan fingerprint density at radius 2 is 1.97 bits per heavy atom. The summed E-state index contributed by atoms with van der Waals surface area (Å²) in [7, 11) is 0. The highest BCUT2D eigenvalue weighted by molar-refractivity contribution is 7.80. The van der Waals surface area contributed by atoms with E-state index in [0.29, 0.717) is 43.5 Å². The van der Waals surface area contributed by atoms with E-state index in [1.807, 2.05) is 54.3 Å². The van der Waals surface area contributed by atoms with Crippen molar-refractivity contribution in [1.82, 2.24) is 19.9 Å². The highest BCUT2D eigenvalue weighted by Gasteiger charge is 2.27. The monoisotopic (exact) mass is 434 g/mol. The molecule has 0 aliphatic carbocycles. The molecule has 0 radical (unpaired) electrons. The Balaban J connectivity index is 1.33. The Labute approximate surface area is 184 Å². The number of nitrogens with zero attached hydrogens (tertiary/aromatic N) is 3. The lowest BCUT2D eigenvalue weighted by Gasteiger charge is -2.31. The molecule has 3 heterocycles. The number of hydrogen-bond donors (Lipinski definition) is 1. The molecule has 7 nitrogen and oxygen atoms in total. The van der Waals surface area contributed by atoms with Crippen LogP contribution >= 0.6 is 12.2 Å². The molecule has 5 rings (SSSR count). The van der Waals surface area contributed by atoms with Crippen LogP contribution in [0.4, 0.5) is 0 Å². The molecule has 1 aliphatic rings. The van der Waals surface area contributed by atoms with E-state index in [2.05, 4.69) is 4.98 Å². The third-order valence-corrected chi connectivity index (χ3v) is 5.99. The van der Waals surface area contributed by atoms with Crippen LogP contribution in [0.1, 0.15) is 19.8 Å². The number of carbonyl (C=O) groups is 1. The second-order valence-electron chi connectivity index (χ2n) is 7.62. The highest BCUT2D eigenvalue weighted by Crippen LogP contribution is 2.27. The number of H-pyrrole nitrogens is 1. The summed E-state index contributed by atoms with van der Waals surface area (Å²) >= 11 is 5.51. The van der Waals surface area contributed by atoms with Crippen LogP contribution in [0, 0.1) is 5.92 Å². The molecule has 4 aromatic rings. The first-order valence-corrected chi connectivity index (χ1v) is 10.8. The summed E-state index contributed by atoms with van der Waals surface area (Å²) in [6, 6.07) is 13.6. The molecule has 8 heteroatoms. The summed E-state index contributed by atoms with van der Waals surface area (Å²) in [5.74, 6) is 0.442. The molecular formula is C23H22N4O3S. The van der Waals surface area contributed by atoms with Crippen molar-refractivity contribution in [2.24, 2.45) is 5.92 Å². The van der Waals surface area contributed by atoms with Gasteiger partial charge in [-0.05, 0) is 50.2 Å². The number of thiocarbonyl (C=S) groups is 1. The lowest BCUT2D eigenvalue weighted by Crippen LogP contribution is -2.41. The number of para-hydroxylation sites is 1. The Hall–Kier alpha value is -3.26. The Kier molecular flexibility index (Phi) is 5.15. The van der Waals surface area contributed by atoms with Crippen molar-refractivity contribution < 1.29 is 14.3 Å². The highest BCUT2D eigenvalue weighted by atomic mass is 32.1. The van der Waals surface area contributed by atoms with E-state index in [-0.39, 0.29) is 11.9 Å². The number of carbonyl (C=O) groups excluding carboxylic acids is 1. The maximum Gasteiger partial charge on any atom is 0.309 e. The van der Waals surface area contributed by atoms with Gasteiger partial charge in [-0.1, -0.05) is 18.2 Å². The number of hydrogen-bond acceptors (Lipinski definition) is 6. The standard InChI is InChI=1S/C23H22N4O3S/c1-2-29-22(28)14-9-11-27(12-10-14)23(31)30-15-7-8-18-19(13-15)24-20-16-5-3-4-6-17(16)25-21(20)26-18/h3-8,13-14H,2,9-12H2,1H3,(H,25,26). The molecule has 0 amide bonds. The summed E-state index contributed by atoms with van der Waals surface area (Å²) in [5, 5.41) is 1.45. The zero-order chi connectivity index (χ0) is 21.4. The number of ether oxygens (including phenoxy) is 2. The quantitative estimate of drug-likeness (QED) is 0.382. The molecule has 2 aromatic heterocycles. The fourth-order valence-corrected chi connectivity index (χ4v) is 4.30. The second-order valence-corrected chi connectivity index (χ2v) is 7.97. The van der Waals surface area contributed by atoms with Crippen molar-refractivity contribution in [3.8, 4) is 5.75 Å². The minimum atomic E-state index is -0.120. The number of benzene rings is 2. The minimum Gasteiger partial charge on any atom is -0.466 e. The molecule has 0 spiro atoms. The van der Waals surface area contributed by atoms with Crippen LogP contribution in [0.5, 0.6) is 5.75 Å². The minimum absolute atomic E-state index is 0.0616. The van der Waals surface area contributed by atoms with Gasteiger partial charge in [0.25, 0.3) is 5.17 Å². The van der Waals surface area contributed by atoms with Crippen LogP contribution in [0.2, 0.25) is 0 Å². The number of nitrogens with one attached hydrogen (secondary N) is 1. The zero-order valence-electron chi connectivity index (χ0n) is 17.1. The molecule has 1 N–H and O–H groups in total. The van der Waals surface area contributed by atoms with Crippen molar-refractivity contribution in [2.45, 2.75) is 19.8 Å². The second kappa shape index (κ2) is 8.11. The van der Waals surface area contributed by atoms with Gasteiger partial charge in [0.2, 0.25) is 0 Å². The number of aromatic amines is 1. The third kappa shape index (κ3) is 3.79. The molecule has 31 heavy (non-hydrogen) atoms. The molecule has 0 bridgehead atoms. The molecule has 0 unspecified atom stereocenters. The van der Waals surface area contributed by atoms with Crippen LogP contribution < -0.4 is 4.74 Å². The summed E-state index contributed by atoms with van der Waals surface area (Å²) < 4.78 is 11.1. The Morgan fingerprint density at radius 3 is 2.77 bits per heavy atom. The predicted molar refractivity (Wildman–Crippen MR) is 123 cm³/mol. The van der Waals surface area contributed by atoms with Crippen LogP contribution in [-0.4, -0.2) is 50.7 Å². The first-order valence-electron chi connectivity index (χ1n) is 10.4. The molecule has 0 saturated carbocycles. The van der Waals surface area contributed by atoms with E-state index in [1.54, 1.807) is 0 Å². The molecule has 0 atom stereocenters. The molecule has 158 valence electrons. The fraction of sp³-hybridized carbons (Fsp3) is 0.304. The molecule has 1 fully saturated rings. The van der Waals surface area contributed by atoms with Crippen molar-refractivity contribution in [2.75, 3.05) is 19.7 Å². The third-order valence-electron chi connectivity index (χ3n) is 5.65. The maximum atomic E-state index is 11.9. The lowest BCUT2D eigenvalue weighted by molar-refractivity contribution is -0.149. The number of esters is 1. The van der Waals surface area contributed by atoms with Crippen molar-refractivity contribution in [3.63, 3.8) is 0 Å². The van der Waals surface area contributed by atoms with Gasteiger partial charge in [0.15, 0.2) is 5.65 Å². The van der Waals surface area contributed by atoms with Gasteiger partial charge >= 0.3 is 5.97 Å². The number of fused-ring (bicyclic) bond motifs is 4. The predicted octanol–water partition coefficient (Wildman–Crippen LogP) is 4.20. The van der Waals surface area contributed by atoms with Crippen molar-refractivity contribution in [3.05, 3.63) is 42.5 Å². The van der Waals surface area contributed by atoms with E-state index < -0.39 is 0 Å². The molecular weight excluding hydrogens is 412 g/mol. The van der Waals surface area contributed by atoms with Crippen molar-refractivity contribution in [1.29, 1.82) is 0 Å². The van der Waals surface area contributed by atoms with E-state index in [4.69, 9.17) is 31.7 Å². The van der Waals surface area contributed by atoms with Gasteiger partial charge in [0, 0.05) is 30.1 Å². The molecule has 1 aliphatic heterocycles.